The zero-order valence-corrected chi connectivity index (χ0v) is 13.6. The van der Waals surface area contributed by atoms with Gasteiger partial charge in [0.1, 0.15) is 0 Å². The van der Waals surface area contributed by atoms with Crippen molar-refractivity contribution in [2.24, 2.45) is 0 Å². The summed E-state index contributed by atoms with van der Waals surface area (Å²) in [6.07, 6.45) is 0.148. The molecule has 2 N–H and O–H groups in total. The van der Waals surface area contributed by atoms with Crippen molar-refractivity contribution in [1.82, 2.24) is 10.9 Å². The highest BCUT2D eigenvalue weighted by Crippen LogP contribution is 2.14. The summed E-state index contributed by atoms with van der Waals surface area (Å²) in [6.45, 7) is 3.57. The maximum atomic E-state index is 13.3. The van der Waals surface area contributed by atoms with Crippen molar-refractivity contribution in [2.45, 2.75) is 20.3 Å². The Balaban J connectivity index is 1.76. The van der Waals surface area contributed by atoms with E-state index in [-0.39, 0.29) is 18.1 Å². The van der Waals surface area contributed by atoms with Crippen LogP contribution in [0.25, 0.3) is 0 Å². The Morgan fingerprint density at radius 3 is 2.42 bits per heavy atom. The van der Waals surface area contributed by atoms with Gasteiger partial charge < -0.3 is 4.74 Å². The maximum Gasteiger partial charge on any atom is 0.276 e. The fourth-order valence-electron chi connectivity index (χ4n) is 2.02. The van der Waals surface area contributed by atoms with Gasteiger partial charge in [-0.05, 0) is 42.7 Å². The van der Waals surface area contributed by atoms with Crippen molar-refractivity contribution >= 4 is 11.8 Å². The van der Waals surface area contributed by atoms with Crippen LogP contribution < -0.4 is 15.6 Å². The molecule has 0 spiro atoms. The van der Waals surface area contributed by atoms with Crippen molar-refractivity contribution in [3.63, 3.8) is 0 Å². The first kappa shape index (κ1) is 17.5. The van der Waals surface area contributed by atoms with Crippen LogP contribution in [0.5, 0.6) is 5.75 Å². The monoisotopic (exact) mass is 330 g/mol. The molecule has 0 aliphatic rings. The lowest BCUT2D eigenvalue weighted by Crippen LogP contribution is -2.44. The van der Waals surface area contributed by atoms with E-state index in [2.05, 4.69) is 10.9 Å². The molecule has 2 aromatic rings. The summed E-state index contributed by atoms with van der Waals surface area (Å²) >= 11 is 0. The molecule has 24 heavy (non-hydrogen) atoms. The van der Waals surface area contributed by atoms with E-state index in [4.69, 9.17) is 4.74 Å². The fourth-order valence-corrected chi connectivity index (χ4v) is 2.02. The molecule has 0 atom stereocenters. The minimum absolute atomic E-state index is 0.0193. The van der Waals surface area contributed by atoms with Gasteiger partial charge in [-0.1, -0.05) is 30.3 Å². The fraction of sp³-hybridized carbons (Fsp3) is 0.222. The van der Waals surface area contributed by atoms with E-state index in [0.717, 1.165) is 16.7 Å². The Labute approximate surface area is 139 Å². The van der Waals surface area contributed by atoms with Gasteiger partial charge in [0, 0.05) is 0 Å². The van der Waals surface area contributed by atoms with Crippen LogP contribution in [0.2, 0.25) is 0 Å². The SMILES string of the molecule is Cc1ccc(CC(=O)NNC(=O)COc2ccccc2F)cc1C. The average Bonchev–Trinajstić information content (AvgIpc) is 2.55. The summed E-state index contributed by atoms with van der Waals surface area (Å²) in [5.74, 6) is -1.50. The lowest BCUT2D eigenvalue weighted by atomic mass is 10.0. The molecule has 0 unspecified atom stereocenters. The standard InChI is InChI=1S/C18H19FN2O3/c1-12-7-8-14(9-13(12)2)10-17(22)20-21-18(23)11-24-16-6-4-3-5-15(16)19/h3-9H,10-11H2,1-2H3,(H,20,22)(H,21,23). The highest BCUT2D eigenvalue weighted by atomic mass is 19.1. The summed E-state index contributed by atoms with van der Waals surface area (Å²) in [5, 5.41) is 0. The van der Waals surface area contributed by atoms with Gasteiger partial charge in [-0.15, -0.1) is 0 Å². The van der Waals surface area contributed by atoms with Gasteiger partial charge in [0.15, 0.2) is 18.2 Å². The first-order valence-corrected chi connectivity index (χ1v) is 7.47. The van der Waals surface area contributed by atoms with Gasteiger partial charge in [-0.3, -0.25) is 20.4 Å². The molecule has 0 bridgehead atoms. The summed E-state index contributed by atoms with van der Waals surface area (Å²) in [7, 11) is 0. The number of carbonyl (C=O) groups is 2. The molecule has 0 heterocycles. The summed E-state index contributed by atoms with van der Waals surface area (Å²) < 4.78 is 18.4. The number of rotatable bonds is 5. The molecule has 5 nitrogen and oxygen atoms in total. The molecular formula is C18H19FN2O3. The molecule has 0 radical (unpaired) electrons. The minimum atomic E-state index is -0.577. The van der Waals surface area contributed by atoms with Crippen molar-refractivity contribution in [3.05, 3.63) is 65.0 Å². The van der Waals surface area contributed by atoms with E-state index in [9.17, 15) is 14.0 Å². The number of ether oxygens (including phenoxy) is 1. The topological polar surface area (TPSA) is 67.4 Å². The minimum Gasteiger partial charge on any atom is -0.481 e. The molecule has 0 aromatic heterocycles. The number of hydrogen-bond donors (Lipinski definition) is 2. The van der Waals surface area contributed by atoms with E-state index in [1.165, 1.54) is 18.2 Å². The normalized spacial score (nSPS) is 10.1. The predicted molar refractivity (Wildman–Crippen MR) is 87.8 cm³/mol. The van der Waals surface area contributed by atoms with E-state index in [1.807, 2.05) is 32.0 Å². The lowest BCUT2D eigenvalue weighted by Gasteiger charge is -2.10. The quantitative estimate of drug-likeness (QED) is 0.826. The molecule has 0 saturated carbocycles. The van der Waals surface area contributed by atoms with Crippen molar-refractivity contribution in [3.8, 4) is 5.75 Å². The van der Waals surface area contributed by atoms with Crippen LogP contribution in [0.3, 0.4) is 0 Å². The predicted octanol–water partition coefficient (Wildman–Crippen LogP) is 2.21. The molecule has 2 rings (SSSR count). The largest absolute Gasteiger partial charge is 0.481 e. The Bertz CT molecular complexity index is 747. The van der Waals surface area contributed by atoms with Gasteiger partial charge in [0.25, 0.3) is 5.91 Å². The van der Waals surface area contributed by atoms with Gasteiger partial charge >= 0.3 is 0 Å². The number of nitrogens with one attached hydrogen (secondary N) is 2. The maximum absolute atomic E-state index is 13.3. The number of amides is 2. The molecular weight excluding hydrogens is 311 g/mol. The number of hydrogen-bond acceptors (Lipinski definition) is 3. The van der Waals surface area contributed by atoms with E-state index >= 15 is 0 Å². The Hall–Kier alpha value is -2.89. The molecule has 2 amide bonds. The van der Waals surface area contributed by atoms with E-state index < -0.39 is 18.3 Å². The Morgan fingerprint density at radius 1 is 1.00 bits per heavy atom. The number of para-hydroxylation sites is 1. The molecule has 0 aliphatic carbocycles. The van der Waals surface area contributed by atoms with Crippen LogP contribution in [0.15, 0.2) is 42.5 Å². The summed E-state index contributed by atoms with van der Waals surface area (Å²) in [5.41, 5.74) is 7.64. The van der Waals surface area contributed by atoms with E-state index in [1.54, 1.807) is 6.07 Å². The molecule has 126 valence electrons. The van der Waals surface area contributed by atoms with Crippen LogP contribution in [0, 0.1) is 19.7 Å². The number of benzene rings is 2. The van der Waals surface area contributed by atoms with Crippen LogP contribution in [-0.4, -0.2) is 18.4 Å². The van der Waals surface area contributed by atoms with Crippen LogP contribution in [0.1, 0.15) is 16.7 Å². The first-order chi connectivity index (χ1) is 11.5. The molecule has 0 aliphatic heterocycles. The zero-order chi connectivity index (χ0) is 17.5. The molecule has 0 fully saturated rings. The highest BCUT2D eigenvalue weighted by molar-refractivity contribution is 5.83. The number of halogens is 1. The zero-order valence-electron chi connectivity index (χ0n) is 13.6. The van der Waals surface area contributed by atoms with Gasteiger partial charge in [-0.2, -0.15) is 0 Å². The second-order valence-corrected chi connectivity index (χ2v) is 5.41. The van der Waals surface area contributed by atoms with Crippen molar-refractivity contribution in [1.29, 1.82) is 0 Å². The van der Waals surface area contributed by atoms with Crippen molar-refractivity contribution < 1.29 is 18.7 Å². The average molecular weight is 330 g/mol. The van der Waals surface area contributed by atoms with Gasteiger partial charge in [0.05, 0.1) is 6.42 Å². The second kappa shape index (κ2) is 8.10. The summed E-state index contributed by atoms with van der Waals surface area (Å²) in [6, 6.07) is 11.5. The Kier molecular flexibility index (Phi) is 5.89. The van der Waals surface area contributed by atoms with Crippen LogP contribution in [-0.2, 0) is 16.0 Å². The first-order valence-electron chi connectivity index (χ1n) is 7.47. The van der Waals surface area contributed by atoms with Crippen LogP contribution >= 0.6 is 0 Å². The molecule has 2 aromatic carbocycles. The van der Waals surface area contributed by atoms with Gasteiger partial charge in [0.2, 0.25) is 5.91 Å². The number of hydrazine groups is 1. The van der Waals surface area contributed by atoms with Crippen molar-refractivity contribution in [2.75, 3.05) is 6.61 Å². The lowest BCUT2D eigenvalue weighted by molar-refractivity contribution is -0.129. The Morgan fingerprint density at radius 2 is 1.71 bits per heavy atom. The smallest absolute Gasteiger partial charge is 0.276 e. The van der Waals surface area contributed by atoms with Crippen LogP contribution in [0.4, 0.5) is 4.39 Å². The number of aryl methyl sites for hydroxylation is 2. The van der Waals surface area contributed by atoms with E-state index in [0.29, 0.717) is 0 Å². The third kappa shape index (κ3) is 5.08. The molecule has 0 saturated heterocycles. The number of carbonyl (C=O) groups excluding carboxylic acids is 2. The third-order valence-corrected chi connectivity index (χ3v) is 3.47. The van der Waals surface area contributed by atoms with Gasteiger partial charge in [-0.25, -0.2) is 4.39 Å². The molecule has 6 heteroatoms. The highest BCUT2D eigenvalue weighted by Gasteiger charge is 2.08. The summed E-state index contributed by atoms with van der Waals surface area (Å²) in [4.78, 5) is 23.4. The second-order valence-electron chi connectivity index (χ2n) is 5.41. The third-order valence-electron chi connectivity index (χ3n) is 3.47.